The van der Waals surface area contributed by atoms with Gasteiger partial charge in [-0.15, -0.1) is 0 Å². The number of aliphatic imine (C=N–C) groups is 1. The fraction of sp³-hybridized carbons (Fsp3) is 0.0541. The maximum Gasteiger partial charge on any atom is 0.268 e. The lowest BCUT2D eigenvalue weighted by Gasteiger charge is -2.21. The van der Waals surface area contributed by atoms with Gasteiger partial charge >= 0.3 is 0 Å². The van der Waals surface area contributed by atoms with Gasteiger partial charge in [0.15, 0.2) is 6.29 Å². The summed E-state index contributed by atoms with van der Waals surface area (Å²) in [5, 5.41) is 5.83. The number of carbonyl (C=O) groups is 2. The van der Waals surface area contributed by atoms with Gasteiger partial charge < -0.3 is 0 Å². The molecule has 0 saturated heterocycles. The zero-order valence-electron chi connectivity index (χ0n) is 22.6. The van der Waals surface area contributed by atoms with E-state index in [1.165, 1.54) is 15.3 Å². The van der Waals surface area contributed by atoms with E-state index in [2.05, 4.69) is 54.2 Å². The highest BCUT2D eigenvalue weighted by Crippen LogP contribution is 2.40. The first-order chi connectivity index (χ1) is 20.6. The number of thiol groups is 1. The van der Waals surface area contributed by atoms with E-state index in [0.29, 0.717) is 22.2 Å². The van der Waals surface area contributed by atoms with E-state index in [1.54, 1.807) is 6.07 Å². The third kappa shape index (κ3) is 4.39. The van der Waals surface area contributed by atoms with Gasteiger partial charge in [0.25, 0.3) is 5.91 Å². The van der Waals surface area contributed by atoms with Gasteiger partial charge in [0.2, 0.25) is 0 Å². The van der Waals surface area contributed by atoms with Gasteiger partial charge in [0.05, 0.1) is 5.69 Å². The molecule has 1 amide bonds. The third-order valence-corrected chi connectivity index (χ3v) is 8.51. The predicted molar refractivity (Wildman–Crippen MR) is 177 cm³/mol. The van der Waals surface area contributed by atoms with Crippen LogP contribution in [-0.4, -0.2) is 18.4 Å². The van der Waals surface area contributed by atoms with Crippen molar-refractivity contribution >= 4 is 69.2 Å². The molecule has 1 unspecified atom stereocenters. The number of fused-ring (bicyclic) bond motifs is 3. The Labute approximate surface area is 249 Å². The number of nitrogens with zero attached hydrogens (tertiary/aromatic N) is 2. The van der Waals surface area contributed by atoms with Crippen LogP contribution in [-0.2, 0) is 0 Å². The molecular formula is C37H26N2O2S. The molecule has 6 aromatic rings. The zero-order chi connectivity index (χ0) is 28.6. The zero-order valence-corrected chi connectivity index (χ0v) is 23.5. The maximum absolute atomic E-state index is 14.0. The van der Waals surface area contributed by atoms with Gasteiger partial charge in [-0.3, -0.25) is 18.9 Å². The Morgan fingerprint density at radius 2 is 1.52 bits per heavy atom. The van der Waals surface area contributed by atoms with Gasteiger partial charge in [-0.05, 0) is 68.2 Å². The number of anilines is 1. The van der Waals surface area contributed by atoms with Crippen LogP contribution in [0.5, 0.6) is 0 Å². The first-order valence-electron chi connectivity index (χ1n) is 13.9. The Morgan fingerprint density at radius 1 is 0.786 bits per heavy atom. The van der Waals surface area contributed by atoms with Crippen LogP contribution in [0.3, 0.4) is 0 Å². The minimum atomic E-state index is -0.302. The van der Waals surface area contributed by atoms with Crippen molar-refractivity contribution in [1.29, 1.82) is 0 Å². The number of allylic oxidation sites excluding steroid dienone is 1. The average molecular weight is 563 g/mol. The SMILES string of the molecule is O=Cc1cccc2c(-c3ccc(C4C=NC=CC4)c4ccccc34)ccc(C(=O)N(S)c3ccc4ccccc4c3)c12. The second-order valence-electron chi connectivity index (χ2n) is 10.5. The van der Waals surface area contributed by atoms with Gasteiger partial charge in [-0.25, -0.2) is 0 Å². The molecule has 1 aliphatic heterocycles. The van der Waals surface area contributed by atoms with Crippen LogP contribution in [0.15, 0.2) is 126 Å². The van der Waals surface area contributed by atoms with Crippen molar-refractivity contribution in [3.8, 4) is 11.1 Å². The molecule has 202 valence electrons. The molecule has 4 nitrogen and oxygen atoms in total. The van der Waals surface area contributed by atoms with E-state index in [-0.39, 0.29) is 11.8 Å². The fourth-order valence-corrected chi connectivity index (χ4v) is 6.29. The Hall–Kier alpha value is -5.00. The number of rotatable bonds is 5. The Morgan fingerprint density at radius 3 is 2.33 bits per heavy atom. The number of aldehydes is 1. The summed E-state index contributed by atoms with van der Waals surface area (Å²) in [7, 11) is 0. The predicted octanol–water partition coefficient (Wildman–Crippen LogP) is 9.19. The Kier molecular flexibility index (Phi) is 6.65. The minimum Gasteiger partial charge on any atom is -0.298 e. The smallest absolute Gasteiger partial charge is 0.268 e. The van der Waals surface area contributed by atoms with E-state index >= 15 is 0 Å². The van der Waals surface area contributed by atoms with Gasteiger partial charge in [0, 0.05) is 34.8 Å². The van der Waals surface area contributed by atoms with Crippen LogP contribution >= 0.6 is 12.8 Å². The second kappa shape index (κ2) is 10.8. The number of carbonyl (C=O) groups excluding carboxylic acids is 2. The number of hydrogen-bond donors (Lipinski definition) is 1. The molecule has 0 fully saturated rings. The summed E-state index contributed by atoms with van der Waals surface area (Å²) >= 11 is 4.63. The van der Waals surface area contributed by atoms with E-state index in [4.69, 9.17) is 0 Å². The topological polar surface area (TPSA) is 49.7 Å². The van der Waals surface area contributed by atoms with Crippen LogP contribution in [0.2, 0.25) is 0 Å². The summed E-state index contributed by atoms with van der Waals surface area (Å²) in [6.45, 7) is 0. The molecule has 0 bridgehead atoms. The van der Waals surface area contributed by atoms with E-state index in [0.717, 1.165) is 45.4 Å². The summed E-state index contributed by atoms with van der Waals surface area (Å²) < 4.78 is 1.35. The molecule has 1 heterocycles. The lowest BCUT2D eigenvalue weighted by molar-refractivity contribution is 0.101. The van der Waals surface area contributed by atoms with Gasteiger partial charge in [0.1, 0.15) is 0 Å². The number of hydrogen-bond acceptors (Lipinski definition) is 4. The van der Waals surface area contributed by atoms with Crippen molar-refractivity contribution in [3.63, 3.8) is 0 Å². The standard InChI is InChI=1S/C37H26N2O2S/c40-23-27-9-5-13-34-33(32-17-16-29(26-10-6-20-38-22-26)30-11-3-4-12-31(30)32)18-19-35(36(27)34)37(41)39(42)28-15-14-24-7-1-2-8-25(24)21-28/h1-9,11-23,26,42H,10H2. The second-order valence-corrected chi connectivity index (χ2v) is 10.9. The van der Waals surface area contributed by atoms with Crippen LogP contribution < -0.4 is 4.31 Å². The fourth-order valence-electron chi connectivity index (χ4n) is 6.06. The van der Waals surface area contributed by atoms with Crippen LogP contribution in [0.1, 0.15) is 38.6 Å². The molecule has 1 atom stereocenters. The average Bonchev–Trinajstić information content (AvgIpc) is 3.06. The molecule has 0 spiro atoms. The number of benzene rings is 6. The highest BCUT2D eigenvalue weighted by molar-refractivity contribution is 7.82. The normalized spacial score (nSPS) is 14.5. The highest BCUT2D eigenvalue weighted by Gasteiger charge is 2.22. The van der Waals surface area contributed by atoms with Crippen LogP contribution in [0.25, 0.3) is 43.4 Å². The first kappa shape index (κ1) is 25.9. The molecule has 5 heteroatoms. The molecule has 0 saturated carbocycles. The maximum atomic E-state index is 14.0. The molecule has 0 aliphatic carbocycles. The molecule has 7 rings (SSSR count). The molecule has 6 aromatic carbocycles. The molecule has 0 N–H and O–H groups in total. The summed E-state index contributed by atoms with van der Waals surface area (Å²) in [6.07, 6.45) is 7.68. The summed E-state index contributed by atoms with van der Waals surface area (Å²) in [5.74, 6) is -0.0897. The quantitative estimate of drug-likeness (QED) is 0.168. The molecule has 42 heavy (non-hydrogen) atoms. The molecular weight excluding hydrogens is 536 g/mol. The molecule has 0 radical (unpaired) electrons. The highest BCUT2D eigenvalue weighted by atomic mass is 32.1. The van der Waals surface area contributed by atoms with Crippen LogP contribution in [0.4, 0.5) is 5.69 Å². The summed E-state index contributed by atoms with van der Waals surface area (Å²) in [4.78, 5) is 30.6. The third-order valence-electron chi connectivity index (χ3n) is 8.10. The Balaban J connectivity index is 1.38. The van der Waals surface area contributed by atoms with E-state index in [9.17, 15) is 9.59 Å². The monoisotopic (exact) mass is 562 g/mol. The van der Waals surface area contributed by atoms with E-state index < -0.39 is 0 Å². The van der Waals surface area contributed by atoms with Crippen molar-refractivity contribution in [2.45, 2.75) is 12.3 Å². The lowest BCUT2D eigenvalue weighted by Crippen LogP contribution is -2.21. The number of amides is 1. The van der Waals surface area contributed by atoms with Gasteiger partial charge in [-0.2, -0.15) is 0 Å². The minimum absolute atomic E-state index is 0.212. The summed E-state index contributed by atoms with van der Waals surface area (Å²) in [6, 6.07) is 35.9. The molecule has 0 aromatic heterocycles. The van der Waals surface area contributed by atoms with E-state index in [1.807, 2.05) is 85.2 Å². The largest absolute Gasteiger partial charge is 0.298 e. The van der Waals surface area contributed by atoms with Crippen LogP contribution in [0, 0.1) is 0 Å². The molecule has 1 aliphatic rings. The lowest BCUT2D eigenvalue weighted by atomic mass is 9.85. The van der Waals surface area contributed by atoms with Crippen molar-refractivity contribution in [2.75, 3.05) is 4.31 Å². The summed E-state index contributed by atoms with van der Waals surface area (Å²) in [5.41, 5.74) is 4.78. The van der Waals surface area contributed by atoms with Crippen molar-refractivity contribution in [1.82, 2.24) is 0 Å². The van der Waals surface area contributed by atoms with Crippen molar-refractivity contribution < 1.29 is 9.59 Å². The Bertz CT molecular complexity index is 2100. The van der Waals surface area contributed by atoms with Crippen molar-refractivity contribution in [3.05, 3.63) is 138 Å². The van der Waals surface area contributed by atoms with Gasteiger partial charge in [-0.1, -0.05) is 110 Å². The van der Waals surface area contributed by atoms with Crippen molar-refractivity contribution in [2.24, 2.45) is 4.99 Å². The first-order valence-corrected chi connectivity index (χ1v) is 14.3.